The van der Waals surface area contributed by atoms with Crippen LogP contribution in [0.3, 0.4) is 0 Å². The summed E-state index contributed by atoms with van der Waals surface area (Å²) in [6, 6.07) is 0. The molecule has 7 heteroatoms. The molecule has 0 aliphatic carbocycles. The first-order valence-corrected chi connectivity index (χ1v) is 6.50. The number of esters is 1. The molecule has 0 aromatic carbocycles. The summed E-state index contributed by atoms with van der Waals surface area (Å²) >= 11 is 0. The molecule has 0 unspecified atom stereocenters. The van der Waals surface area contributed by atoms with Crippen LogP contribution in [0.25, 0.3) is 0 Å². The number of allylic oxidation sites excluding steroid dienone is 2. The van der Waals surface area contributed by atoms with Gasteiger partial charge in [0.25, 0.3) is 5.92 Å². The molecule has 1 fully saturated rings. The molecule has 1 heterocycles. The average molecular weight is 303 g/mol. The van der Waals surface area contributed by atoms with Crippen LogP contribution in [0.2, 0.25) is 0 Å². The van der Waals surface area contributed by atoms with Crippen molar-refractivity contribution in [2.75, 3.05) is 19.8 Å². The Hall–Kier alpha value is -1.76. The standard InChI is InChI=1S/C14H19F2NO4/c1-4-14(15,16)10(3)6-11(18)17-13(8-20-9-13)7-12(19)21-5-2/h4,6H,1,5,7-9H2,2-3H3,(H,17,18)/b10-6+. The van der Waals surface area contributed by atoms with E-state index in [0.717, 1.165) is 13.0 Å². The molecule has 1 saturated heterocycles. The van der Waals surface area contributed by atoms with Crippen LogP contribution in [0.15, 0.2) is 24.3 Å². The Bertz CT molecular complexity index is 456. The van der Waals surface area contributed by atoms with E-state index in [1.807, 2.05) is 0 Å². The normalized spacial score (nSPS) is 17.6. The van der Waals surface area contributed by atoms with E-state index in [1.165, 1.54) is 0 Å². The van der Waals surface area contributed by atoms with Gasteiger partial charge in [-0.1, -0.05) is 6.58 Å². The summed E-state index contributed by atoms with van der Waals surface area (Å²) in [5.74, 6) is -4.43. The fourth-order valence-corrected chi connectivity index (χ4v) is 1.81. The first kappa shape index (κ1) is 17.3. The third-order valence-electron chi connectivity index (χ3n) is 3.06. The summed E-state index contributed by atoms with van der Waals surface area (Å²) in [6.07, 6.45) is 1.21. The molecule has 0 spiro atoms. The molecule has 1 aliphatic rings. The van der Waals surface area contributed by atoms with E-state index in [-0.39, 0.29) is 26.2 Å². The predicted octanol–water partition coefficient (Wildman–Crippen LogP) is 1.59. The number of carbonyl (C=O) groups excluding carboxylic acids is 2. The highest BCUT2D eigenvalue weighted by molar-refractivity contribution is 5.89. The van der Waals surface area contributed by atoms with Crippen LogP contribution in [0, 0.1) is 0 Å². The molecule has 21 heavy (non-hydrogen) atoms. The van der Waals surface area contributed by atoms with Crippen LogP contribution in [-0.2, 0) is 19.1 Å². The monoisotopic (exact) mass is 303 g/mol. The van der Waals surface area contributed by atoms with Gasteiger partial charge in [-0.25, -0.2) is 0 Å². The molecule has 1 N–H and O–H groups in total. The van der Waals surface area contributed by atoms with E-state index in [2.05, 4.69) is 11.9 Å². The summed E-state index contributed by atoms with van der Waals surface area (Å²) in [6.45, 7) is 6.34. The maximum Gasteiger partial charge on any atom is 0.308 e. The number of hydrogen-bond acceptors (Lipinski definition) is 4. The topological polar surface area (TPSA) is 64.6 Å². The van der Waals surface area contributed by atoms with Gasteiger partial charge in [0.1, 0.15) is 0 Å². The zero-order valence-electron chi connectivity index (χ0n) is 12.1. The maximum absolute atomic E-state index is 13.3. The molecule has 0 aromatic heterocycles. The number of nitrogens with one attached hydrogen (secondary N) is 1. The fraction of sp³-hybridized carbons (Fsp3) is 0.571. The fourth-order valence-electron chi connectivity index (χ4n) is 1.81. The van der Waals surface area contributed by atoms with Crippen LogP contribution < -0.4 is 5.32 Å². The molecule has 5 nitrogen and oxygen atoms in total. The molecule has 0 radical (unpaired) electrons. The molecule has 1 rings (SSSR count). The SMILES string of the molecule is C=CC(F)(F)/C(C)=C/C(=O)NC1(CC(=O)OCC)COC1. The molecule has 0 aromatic rings. The zero-order chi connectivity index (χ0) is 16.1. The molecule has 0 atom stereocenters. The molecule has 1 aliphatic heterocycles. The van der Waals surface area contributed by atoms with Gasteiger partial charge in [-0.15, -0.1) is 0 Å². The Labute approximate surface area is 122 Å². The van der Waals surface area contributed by atoms with Crippen molar-refractivity contribution >= 4 is 11.9 Å². The third kappa shape index (κ3) is 4.63. The van der Waals surface area contributed by atoms with Gasteiger partial charge < -0.3 is 14.8 Å². The first-order valence-electron chi connectivity index (χ1n) is 6.50. The Kier molecular flexibility index (Phi) is 5.60. The predicted molar refractivity (Wildman–Crippen MR) is 71.8 cm³/mol. The van der Waals surface area contributed by atoms with Crippen LogP contribution in [0.4, 0.5) is 8.78 Å². The molecule has 0 saturated carbocycles. The quantitative estimate of drug-likeness (QED) is 0.441. The highest BCUT2D eigenvalue weighted by atomic mass is 19.3. The highest BCUT2D eigenvalue weighted by Crippen LogP contribution is 2.25. The maximum atomic E-state index is 13.3. The summed E-state index contributed by atoms with van der Waals surface area (Å²) in [4.78, 5) is 23.3. The van der Waals surface area contributed by atoms with E-state index in [4.69, 9.17) is 9.47 Å². The van der Waals surface area contributed by atoms with Crippen molar-refractivity contribution in [2.24, 2.45) is 0 Å². The van der Waals surface area contributed by atoms with Crippen molar-refractivity contribution in [3.05, 3.63) is 24.3 Å². The largest absolute Gasteiger partial charge is 0.466 e. The smallest absolute Gasteiger partial charge is 0.308 e. The second-order valence-corrected chi connectivity index (χ2v) is 4.90. The Morgan fingerprint density at radius 2 is 2.10 bits per heavy atom. The number of ether oxygens (including phenoxy) is 2. The van der Waals surface area contributed by atoms with Gasteiger partial charge in [0.15, 0.2) is 0 Å². The highest BCUT2D eigenvalue weighted by Gasteiger charge is 2.42. The first-order chi connectivity index (χ1) is 9.74. The Balaban J connectivity index is 2.69. The van der Waals surface area contributed by atoms with Gasteiger partial charge in [-0.05, 0) is 19.9 Å². The summed E-state index contributed by atoms with van der Waals surface area (Å²) in [5.41, 5.74) is -1.31. The zero-order valence-corrected chi connectivity index (χ0v) is 12.1. The summed E-state index contributed by atoms with van der Waals surface area (Å²) < 4.78 is 36.4. The molecular formula is C14H19F2NO4. The van der Waals surface area contributed by atoms with Crippen molar-refractivity contribution in [3.63, 3.8) is 0 Å². The van der Waals surface area contributed by atoms with Crippen molar-refractivity contribution in [1.82, 2.24) is 5.32 Å². The van der Waals surface area contributed by atoms with Crippen molar-refractivity contribution in [3.8, 4) is 0 Å². The number of alkyl halides is 2. The van der Waals surface area contributed by atoms with Crippen LogP contribution in [0.5, 0.6) is 0 Å². The van der Waals surface area contributed by atoms with Gasteiger partial charge in [0.2, 0.25) is 5.91 Å². The number of halogens is 2. The number of hydrogen-bond donors (Lipinski definition) is 1. The van der Waals surface area contributed by atoms with Gasteiger partial charge in [-0.3, -0.25) is 9.59 Å². The van der Waals surface area contributed by atoms with Crippen molar-refractivity contribution in [2.45, 2.75) is 31.7 Å². The van der Waals surface area contributed by atoms with Crippen molar-refractivity contribution in [1.29, 1.82) is 0 Å². The van der Waals surface area contributed by atoms with Crippen LogP contribution in [0.1, 0.15) is 20.3 Å². The van der Waals surface area contributed by atoms with E-state index < -0.39 is 28.9 Å². The lowest BCUT2D eigenvalue weighted by atomic mass is 9.93. The van der Waals surface area contributed by atoms with Gasteiger partial charge in [0.05, 0.1) is 31.8 Å². The van der Waals surface area contributed by atoms with E-state index in [1.54, 1.807) is 6.92 Å². The number of rotatable bonds is 7. The van der Waals surface area contributed by atoms with Crippen molar-refractivity contribution < 1.29 is 27.8 Å². The third-order valence-corrected chi connectivity index (χ3v) is 3.06. The lowest BCUT2D eigenvalue weighted by Gasteiger charge is -2.41. The average Bonchev–Trinajstić information content (AvgIpc) is 2.36. The molecule has 118 valence electrons. The van der Waals surface area contributed by atoms with E-state index in [0.29, 0.717) is 6.08 Å². The van der Waals surface area contributed by atoms with E-state index >= 15 is 0 Å². The molecule has 0 bridgehead atoms. The van der Waals surface area contributed by atoms with Gasteiger partial charge in [0, 0.05) is 11.6 Å². The van der Waals surface area contributed by atoms with Crippen LogP contribution >= 0.6 is 0 Å². The second kappa shape index (κ2) is 6.80. The lowest BCUT2D eigenvalue weighted by molar-refractivity contribution is -0.154. The summed E-state index contributed by atoms with van der Waals surface area (Å²) in [5, 5.41) is 2.54. The number of amides is 1. The van der Waals surface area contributed by atoms with Crippen LogP contribution in [-0.4, -0.2) is 43.2 Å². The minimum atomic E-state index is -3.25. The minimum Gasteiger partial charge on any atom is -0.466 e. The molecule has 1 amide bonds. The van der Waals surface area contributed by atoms with E-state index in [9.17, 15) is 18.4 Å². The summed E-state index contributed by atoms with van der Waals surface area (Å²) in [7, 11) is 0. The van der Waals surface area contributed by atoms with Gasteiger partial charge >= 0.3 is 5.97 Å². The Morgan fingerprint density at radius 3 is 2.52 bits per heavy atom. The molecular weight excluding hydrogens is 284 g/mol. The minimum absolute atomic E-state index is 0.0582. The lowest BCUT2D eigenvalue weighted by Crippen LogP contribution is -2.63. The van der Waals surface area contributed by atoms with Gasteiger partial charge in [-0.2, -0.15) is 8.78 Å². The Morgan fingerprint density at radius 1 is 1.48 bits per heavy atom. The second-order valence-electron chi connectivity index (χ2n) is 4.90. The number of carbonyl (C=O) groups is 2.